The van der Waals surface area contributed by atoms with Crippen molar-refractivity contribution in [3.63, 3.8) is 0 Å². The minimum Gasteiger partial charge on any atom is -0.467 e. The van der Waals surface area contributed by atoms with Gasteiger partial charge in [-0.25, -0.2) is 9.59 Å². The van der Waals surface area contributed by atoms with Gasteiger partial charge < -0.3 is 30.7 Å². The number of nitrogens with two attached hydrogens (primary N) is 1. The summed E-state index contributed by atoms with van der Waals surface area (Å²) in [5.41, 5.74) is 6.35. The van der Waals surface area contributed by atoms with Crippen LogP contribution >= 0.6 is 0 Å². The quantitative estimate of drug-likeness (QED) is 0.326. The number of amides is 2. The van der Waals surface area contributed by atoms with Crippen LogP contribution in [0.3, 0.4) is 0 Å². The first-order chi connectivity index (χ1) is 13.0. The Hall–Kier alpha value is -2.36. The molecule has 0 bridgehead atoms. The van der Waals surface area contributed by atoms with E-state index in [4.69, 9.17) is 15.3 Å². The summed E-state index contributed by atoms with van der Waals surface area (Å²) in [4.78, 5) is 40.8. The maximum Gasteiger partial charge on any atom is 0.407 e. The van der Waals surface area contributed by atoms with E-state index in [-0.39, 0.29) is 31.6 Å². The number of hydrogen-bond donors (Lipinski definition) is 3. The van der Waals surface area contributed by atoms with Gasteiger partial charge >= 0.3 is 12.1 Å². The number of carbonyl (C=O) groups is 3. The van der Waals surface area contributed by atoms with Crippen molar-refractivity contribution in [3.8, 4) is 0 Å². The molecule has 1 rings (SSSR count). The van der Waals surface area contributed by atoms with E-state index >= 15 is 0 Å². The van der Waals surface area contributed by atoms with Crippen LogP contribution in [0.1, 0.15) is 45.4 Å². The number of alkyl carbamates (subject to hydrolysis) is 1. The predicted octanol–water partition coefficient (Wildman–Crippen LogP) is 0.444. The van der Waals surface area contributed by atoms with Crippen LogP contribution in [0.15, 0.2) is 5.16 Å². The molecule has 1 heterocycles. The standard InChI is InChI=1S/C17H30N4O6/c1-3-4-8-26-17(24)20-14(16(23)25-2)11-19-15(22)10-13-9-12(21-27-13)6-5-7-18/h13-14H,3-11,18H2,1-2H3,(H,19,22)(H,20,24)/t13?,14-/m0/s1. The molecule has 154 valence electrons. The van der Waals surface area contributed by atoms with Crippen molar-refractivity contribution >= 4 is 23.7 Å². The fourth-order valence-electron chi connectivity index (χ4n) is 2.37. The summed E-state index contributed by atoms with van der Waals surface area (Å²) in [6.07, 6.45) is 2.80. The Bertz CT molecular complexity index is 526. The summed E-state index contributed by atoms with van der Waals surface area (Å²) in [5, 5.41) is 8.94. The number of rotatable bonds is 12. The molecule has 1 aliphatic rings. The number of esters is 1. The van der Waals surface area contributed by atoms with Crippen LogP contribution in [0.25, 0.3) is 0 Å². The van der Waals surface area contributed by atoms with Crippen LogP contribution in [0.5, 0.6) is 0 Å². The number of unbranched alkanes of at least 4 members (excludes halogenated alkanes) is 1. The number of oxime groups is 1. The maximum atomic E-state index is 12.1. The molecule has 0 aromatic carbocycles. The number of hydrogen-bond acceptors (Lipinski definition) is 8. The number of methoxy groups -OCH3 is 1. The molecule has 0 radical (unpaired) electrons. The van der Waals surface area contributed by atoms with Crippen LogP contribution in [0.4, 0.5) is 4.79 Å². The zero-order chi connectivity index (χ0) is 20.1. The average Bonchev–Trinajstić information content (AvgIpc) is 3.10. The minimum atomic E-state index is -1.03. The van der Waals surface area contributed by atoms with Crippen molar-refractivity contribution in [1.29, 1.82) is 0 Å². The third kappa shape index (κ3) is 9.23. The molecule has 0 saturated carbocycles. The van der Waals surface area contributed by atoms with Crippen molar-refractivity contribution in [1.82, 2.24) is 10.6 Å². The first-order valence-electron chi connectivity index (χ1n) is 9.19. The monoisotopic (exact) mass is 386 g/mol. The summed E-state index contributed by atoms with van der Waals surface area (Å²) in [6, 6.07) is -1.03. The molecule has 10 heteroatoms. The van der Waals surface area contributed by atoms with E-state index in [9.17, 15) is 14.4 Å². The molecule has 4 N–H and O–H groups in total. The van der Waals surface area contributed by atoms with Gasteiger partial charge in [0.15, 0.2) is 0 Å². The normalized spacial score (nSPS) is 16.7. The van der Waals surface area contributed by atoms with Crippen molar-refractivity contribution in [3.05, 3.63) is 0 Å². The highest BCUT2D eigenvalue weighted by molar-refractivity contribution is 5.87. The molecule has 1 unspecified atom stereocenters. The lowest BCUT2D eigenvalue weighted by atomic mass is 10.1. The Kier molecular flexibility index (Phi) is 10.8. The number of nitrogens with one attached hydrogen (secondary N) is 2. The molecule has 0 spiro atoms. The van der Waals surface area contributed by atoms with Gasteiger partial charge in [0, 0.05) is 13.0 Å². The first kappa shape index (κ1) is 22.7. The molecular formula is C17H30N4O6. The van der Waals surface area contributed by atoms with Gasteiger partial charge in [-0.2, -0.15) is 0 Å². The predicted molar refractivity (Wildman–Crippen MR) is 98.0 cm³/mol. The van der Waals surface area contributed by atoms with Gasteiger partial charge in [-0.05, 0) is 25.8 Å². The summed E-state index contributed by atoms with van der Waals surface area (Å²) < 4.78 is 9.59. The van der Waals surface area contributed by atoms with Gasteiger partial charge in [0.2, 0.25) is 5.91 Å². The van der Waals surface area contributed by atoms with Crippen LogP contribution < -0.4 is 16.4 Å². The number of carbonyl (C=O) groups excluding carboxylic acids is 3. The second kappa shape index (κ2) is 12.9. The molecule has 0 aromatic rings. The molecule has 2 amide bonds. The van der Waals surface area contributed by atoms with Crippen molar-refractivity contribution in [2.75, 3.05) is 26.8 Å². The van der Waals surface area contributed by atoms with E-state index in [0.717, 1.165) is 31.4 Å². The van der Waals surface area contributed by atoms with E-state index in [1.807, 2.05) is 6.92 Å². The van der Waals surface area contributed by atoms with Gasteiger partial charge in [0.25, 0.3) is 0 Å². The maximum absolute atomic E-state index is 12.1. The summed E-state index contributed by atoms with van der Waals surface area (Å²) in [7, 11) is 1.20. The number of nitrogens with zero attached hydrogens (tertiary/aromatic N) is 1. The Morgan fingerprint density at radius 1 is 1.37 bits per heavy atom. The van der Waals surface area contributed by atoms with Gasteiger partial charge in [-0.3, -0.25) is 4.79 Å². The van der Waals surface area contributed by atoms with E-state index in [1.54, 1.807) is 0 Å². The van der Waals surface area contributed by atoms with E-state index in [2.05, 4.69) is 20.5 Å². The fraction of sp³-hybridized carbons (Fsp3) is 0.765. The van der Waals surface area contributed by atoms with Crippen molar-refractivity contribution in [2.45, 2.75) is 57.6 Å². The summed E-state index contributed by atoms with van der Waals surface area (Å²) in [5.74, 6) is -0.988. The molecule has 0 saturated heterocycles. The molecular weight excluding hydrogens is 356 g/mol. The molecule has 2 atom stereocenters. The third-order valence-corrected chi connectivity index (χ3v) is 3.89. The van der Waals surface area contributed by atoms with Gasteiger partial charge in [-0.1, -0.05) is 18.5 Å². The SMILES string of the molecule is CCCCOC(=O)N[C@@H](CNC(=O)CC1CC(CCCN)=NO1)C(=O)OC. The Labute approximate surface area is 159 Å². The Morgan fingerprint density at radius 2 is 2.15 bits per heavy atom. The lowest BCUT2D eigenvalue weighted by Crippen LogP contribution is -2.49. The first-order valence-corrected chi connectivity index (χ1v) is 9.19. The van der Waals surface area contributed by atoms with Crippen molar-refractivity contribution < 1.29 is 28.7 Å². The topological polar surface area (TPSA) is 141 Å². The average molecular weight is 386 g/mol. The minimum absolute atomic E-state index is 0.102. The van der Waals surface area contributed by atoms with Crippen molar-refractivity contribution in [2.24, 2.45) is 10.9 Å². The van der Waals surface area contributed by atoms with Gasteiger partial charge in [0.05, 0.1) is 25.8 Å². The number of ether oxygens (including phenoxy) is 2. The molecule has 0 aromatic heterocycles. The highest BCUT2D eigenvalue weighted by atomic mass is 16.6. The fourth-order valence-corrected chi connectivity index (χ4v) is 2.37. The Morgan fingerprint density at radius 3 is 2.81 bits per heavy atom. The zero-order valence-corrected chi connectivity index (χ0v) is 16.0. The van der Waals surface area contributed by atoms with Crippen LogP contribution in [-0.4, -0.2) is 62.6 Å². The van der Waals surface area contributed by atoms with E-state index in [0.29, 0.717) is 13.0 Å². The largest absolute Gasteiger partial charge is 0.467 e. The highest BCUT2D eigenvalue weighted by Crippen LogP contribution is 2.16. The lowest BCUT2D eigenvalue weighted by Gasteiger charge is -2.17. The summed E-state index contributed by atoms with van der Waals surface area (Å²) in [6.45, 7) is 2.69. The molecule has 1 aliphatic heterocycles. The van der Waals surface area contributed by atoms with Crippen LogP contribution in [0.2, 0.25) is 0 Å². The lowest BCUT2D eigenvalue weighted by molar-refractivity contribution is -0.143. The van der Waals surface area contributed by atoms with E-state index < -0.39 is 18.1 Å². The summed E-state index contributed by atoms with van der Waals surface area (Å²) >= 11 is 0. The van der Waals surface area contributed by atoms with Crippen LogP contribution in [-0.2, 0) is 23.9 Å². The van der Waals surface area contributed by atoms with E-state index in [1.165, 1.54) is 7.11 Å². The zero-order valence-electron chi connectivity index (χ0n) is 16.0. The Balaban J connectivity index is 2.36. The second-order valence-electron chi connectivity index (χ2n) is 6.20. The molecule has 10 nitrogen and oxygen atoms in total. The third-order valence-electron chi connectivity index (χ3n) is 3.89. The second-order valence-corrected chi connectivity index (χ2v) is 6.20. The molecule has 0 fully saturated rings. The highest BCUT2D eigenvalue weighted by Gasteiger charge is 2.26. The van der Waals surface area contributed by atoms with Crippen LogP contribution in [0, 0.1) is 0 Å². The molecule has 27 heavy (non-hydrogen) atoms. The van der Waals surface area contributed by atoms with Gasteiger partial charge in [0.1, 0.15) is 12.1 Å². The van der Waals surface area contributed by atoms with Gasteiger partial charge in [-0.15, -0.1) is 0 Å². The molecule has 0 aliphatic carbocycles. The smallest absolute Gasteiger partial charge is 0.407 e.